The number of amides is 1. The van der Waals surface area contributed by atoms with Crippen molar-refractivity contribution in [1.29, 1.82) is 0 Å². The van der Waals surface area contributed by atoms with Gasteiger partial charge in [0.15, 0.2) is 0 Å². The largest absolute Gasteiger partial charge is 0.481 e. The molecule has 1 aromatic rings. The van der Waals surface area contributed by atoms with E-state index >= 15 is 0 Å². The van der Waals surface area contributed by atoms with Gasteiger partial charge in [-0.3, -0.25) is 9.59 Å². The van der Waals surface area contributed by atoms with Gasteiger partial charge in [-0.25, -0.2) is 0 Å². The van der Waals surface area contributed by atoms with Crippen LogP contribution < -0.4 is 0 Å². The van der Waals surface area contributed by atoms with Gasteiger partial charge in [-0.15, -0.1) is 0 Å². The van der Waals surface area contributed by atoms with Crippen molar-refractivity contribution < 1.29 is 19.2 Å². The second-order valence-electron chi connectivity index (χ2n) is 8.66. The predicted octanol–water partition coefficient (Wildman–Crippen LogP) is 4.25. The second kappa shape index (κ2) is 10.0. The minimum atomic E-state index is -0.876. The SMILES string of the molecule is CC1CCN(C(=O)c2noc([C@H](CCCC3CCCCC3)CC(=O)O)n2)CC1. The lowest BCUT2D eigenvalue weighted by atomic mass is 9.84. The predicted molar refractivity (Wildman–Crippen MR) is 104 cm³/mol. The first-order valence-corrected chi connectivity index (χ1v) is 10.9. The van der Waals surface area contributed by atoms with Crippen LogP contribution in [0.2, 0.25) is 0 Å². The van der Waals surface area contributed by atoms with Crippen LogP contribution in [0.15, 0.2) is 4.52 Å². The second-order valence-corrected chi connectivity index (χ2v) is 8.66. The van der Waals surface area contributed by atoms with Gasteiger partial charge in [0.25, 0.3) is 11.7 Å². The van der Waals surface area contributed by atoms with Crippen molar-refractivity contribution in [2.45, 2.75) is 83.5 Å². The van der Waals surface area contributed by atoms with Gasteiger partial charge < -0.3 is 14.5 Å². The Labute approximate surface area is 166 Å². The molecule has 0 unspecified atom stereocenters. The summed E-state index contributed by atoms with van der Waals surface area (Å²) < 4.78 is 5.33. The summed E-state index contributed by atoms with van der Waals surface area (Å²) in [7, 11) is 0. The summed E-state index contributed by atoms with van der Waals surface area (Å²) >= 11 is 0. The summed E-state index contributed by atoms with van der Waals surface area (Å²) in [6.07, 6.45) is 11.3. The number of hydrogen-bond donors (Lipinski definition) is 1. The van der Waals surface area contributed by atoms with E-state index in [1.165, 1.54) is 32.1 Å². The zero-order chi connectivity index (χ0) is 19.9. The highest BCUT2D eigenvalue weighted by Gasteiger charge is 2.28. The van der Waals surface area contributed by atoms with E-state index in [-0.39, 0.29) is 24.1 Å². The van der Waals surface area contributed by atoms with Crippen molar-refractivity contribution in [2.24, 2.45) is 11.8 Å². The van der Waals surface area contributed by atoms with Crippen LogP contribution in [0, 0.1) is 11.8 Å². The lowest BCUT2D eigenvalue weighted by Crippen LogP contribution is -2.38. The lowest BCUT2D eigenvalue weighted by molar-refractivity contribution is -0.137. The summed E-state index contributed by atoms with van der Waals surface area (Å²) in [4.78, 5) is 30.0. The molecule has 1 atom stereocenters. The number of nitrogens with zero attached hydrogens (tertiary/aromatic N) is 3. The molecule has 1 aliphatic heterocycles. The summed E-state index contributed by atoms with van der Waals surface area (Å²) in [6, 6.07) is 0. The Morgan fingerprint density at radius 3 is 2.57 bits per heavy atom. The molecule has 1 aliphatic carbocycles. The molecule has 0 aromatic carbocycles. The van der Waals surface area contributed by atoms with E-state index in [0.29, 0.717) is 31.3 Å². The first-order valence-electron chi connectivity index (χ1n) is 10.9. The number of aliphatic carboxylic acids is 1. The van der Waals surface area contributed by atoms with E-state index in [9.17, 15) is 14.7 Å². The van der Waals surface area contributed by atoms with Crippen LogP contribution >= 0.6 is 0 Å². The number of carbonyl (C=O) groups excluding carboxylic acids is 1. The Morgan fingerprint density at radius 2 is 1.89 bits per heavy atom. The fourth-order valence-electron chi connectivity index (χ4n) is 4.49. The molecule has 1 saturated carbocycles. The fourth-order valence-corrected chi connectivity index (χ4v) is 4.49. The Morgan fingerprint density at radius 1 is 1.18 bits per heavy atom. The van der Waals surface area contributed by atoms with Gasteiger partial charge in [0, 0.05) is 19.0 Å². The standard InChI is InChI=1S/C21H33N3O4/c1-15-10-12-24(13-11-15)21(27)19-22-20(28-23-19)17(14-18(25)26)9-5-8-16-6-3-2-4-7-16/h15-17H,2-14H2,1H3,(H,25,26)/t17-/m1/s1. The van der Waals surface area contributed by atoms with Gasteiger partial charge in [-0.1, -0.05) is 57.0 Å². The minimum absolute atomic E-state index is 0.0400. The van der Waals surface area contributed by atoms with Crippen molar-refractivity contribution >= 4 is 11.9 Å². The molecule has 2 aliphatic rings. The highest BCUT2D eigenvalue weighted by molar-refractivity contribution is 5.90. The van der Waals surface area contributed by atoms with Crippen molar-refractivity contribution in [3.8, 4) is 0 Å². The fraction of sp³-hybridized carbons (Fsp3) is 0.810. The number of carbonyl (C=O) groups is 2. The van der Waals surface area contributed by atoms with Crippen LogP contribution in [0.4, 0.5) is 0 Å². The third kappa shape index (κ3) is 5.79. The van der Waals surface area contributed by atoms with Gasteiger partial charge >= 0.3 is 5.97 Å². The Hall–Kier alpha value is -1.92. The normalized spacial score (nSPS) is 20.2. The molecule has 1 amide bonds. The van der Waals surface area contributed by atoms with Crippen LogP contribution in [0.5, 0.6) is 0 Å². The van der Waals surface area contributed by atoms with Crippen LogP contribution in [0.1, 0.15) is 100.0 Å². The highest BCUT2D eigenvalue weighted by atomic mass is 16.5. The van der Waals surface area contributed by atoms with Crippen molar-refractivity contribution in [3.05, 3.63) is 11.7 Å². The van der Waals surface area contributed by atoms with Crippen LogP contribution in [-0.4, -0.2) is 45.1 Å². The molecule has 1 aromatic heterocycles. The maximum Gasteiger partial charge on any atom is 0.304 e. The van der Waals surface area contributed by atoms with E-state index in [1.807, 2.05) is 0 Å². The third-order valence-electron chi connectivity index (χ3n) is 6.36. The Kier molecular flexibility index (Phi) is 7.45. The number of hydrogen-bond acceptors (Lipinski definition) is 5. The van der Waals surface area contributed by atoms with E-state index in [1.54, 1.807) is 4.90 Å². The highest BCUT2D eigenvalue weighted by Crippen LogP contribution is 2.31. The molecule has 1 N–H and O–H groups in total. The molecule has 0 spiro atoms. The van der Waals surface area contributed by atoms with Crippen LogP contribution in [-0.2, 0) is 4.79 Å². The quantitative estimate of drug-likeness (QED) is 0.711. The minimum Gasteiger partial charge on any atom is -0.481 e. The molecule has 2 heterocycles. The monoisotopic (exact) mass is 391 g/mol. The summed E-state index contributed by atoms with van der Waals surface area (Å²) in [5.74, 6) is 0.343. The molecule has 1 saturated heterocycles. The first kappa shape index (κ1) is 20.8. The molecule has 7 heteroatoms. The molecule has 156 valence electrons. The average Bonchev–Trinajstić information content (AvgIpc) is 3.18. The van der Waals surface area contributed by atoms with Crippen LogP contribution in [0.25, 0.3) is 0 Å². The average molecular weight is 392 g/mol. The first-order chi connectivity index (χ1) is 13.5. The lowest BCUT2D eigenvalue weighted by Gasteiger charge is -2.29. The molecule has 7 nitrogen and oxygen atoms in total. The number of rotatable bonds is 8. The van der Waals surface area contributed by atoms with E-state index in [0.717, 1.165) is 31.6 Å². The summed E-state index contributed by atoms with van der Waals surface area (Å²) in [5.41, 5.74) is 0. The number of carboxylic acids is 1. The van der Waals surface area contributed by atoms with Gasteiger partial charge in [-0.05, 0) is 31.1 Å². The van der Waals surface area contributed by atoms with Crippen molar-refractivity contribution in [2.75, 3.05) is 13.1 Å². The molecule has 2 fully saturated rings. The van der Waals surface area contributed by atoms with Gasteiger partial charge in [0.05, 0.1) is 6.42 Å². The van der Waals surface area contributed by atoms with Gasteiger partial charge in [0.1, 0.15) is 0 Å². The maximum atomic E-state index is 12.6. The van der Waals surface area contributed by atoms with Gasteiger partial charge in [0.2, 0.25) is 5.89 Å². The van der Waals surface area contributed by atoms with Crippen molar-refractivity contribution in [1.82, 2.24) is 15.0 Å². The molecule has 0 bridgehead atoms. The third-order valence-corrected chi connectivity index (χ3v) is 6.36. The maximum absolute atomic E-state index is 12.6. The number of likely N-dealkylation sites (tertiary alicyclic amines) is 1. The zero-order valence-electron chi connectivity index (χ0n) is 16.9. The molecular formula is C21H33N3O4. The Balaban J connectivity index is 1.57. The smallest absolute Gasteiger partial charge is 0.304 e. The Bertz CT molecular complexity index is 646. The zero-order valence-corrected chi connectivity index (χ0v) is 16.9. The molecular weight excluding hydrogens is 358 g/mol. The van der Waals surface area contributed by atoms with E-state index in [4.69, 9.17) is 4.52 Å². The van der Waals surface area contributed by atoms with E-state index < -0.39 is 5.97 Å². The van der Waals surface area contributed by atoms with Gasteiger partial charge in [-0.2, -0.15) is 4.98 Å². The number of aromatic nitrogens is 2. The van der Waals surface area contributed by atoms with Crippen LogP contribution in [0.3, 0.4) is 0 Å². The van der Waals surface area contributed by atoms with E-state index in [2.05, 4.69) is 17.1 Å². The molecule has 3 rings (SSSR count). The summed E-state index contributed by atoms with van der Waals surface area (Å²) in [6.45, 7) is 3.62. The topological polar surface area (TPSA) is 96.5 Å². The number of carboxylic acid groups (broad SMARTS) is 1. The number of piperidine rings is 1. The van der Waals surface area contributed by atoms with Crippen molar-refractivity contribution in [3.63, 3.8) is 0 Å². The molecule has 0 radical (unpaired) electrons. The molecule has 28 heavy (non-hydrogen) atoms. The summed E-state index contributed by atoms with van der Waals surface area (Å²) in [5, 5.41) is 13.1.